The molecule has 4 amide bonds. The van der Waals surface area contributed by atoms with Crippen LogP contribution < -0.4 is 16.0 Å². The molecule has 5 rings (SSSR count). The third kappa shape index (κ3) is 9.29. The summed E-state index contributed by atoms with van der Waals surface area (Å²) in [5.74, 6) is -2.94. The topological polar surface area (TPSA) is 145 Å². The molecule has 4 N–H and O–H groups in total. The number of hydrogen-bond acceptors (Lipinski definition) is 5. The molecule has 0 radical (unpaired) electrons. The molecule has 1 saturated carbocycles. The van der Waals surface area contributed by atoms with Crippen LogP contribution >= 0.6 is 23.2 Å². The largest absolute Gasteiger partial charge is 0.481 e. The smallest absolute Gasteiger partial charge is 0.303 e. The molecule has 3 aliphatic rings. The summed E-state index contributed by atoms with van der Waals surface area (Å²) in [5.41, 5.74) is 3.39. The van der Waals surface area contributed by atoms with Gasteiger partial charge in [0.2, 0.25) is 17.7 Å². The van der Waals surface area contributed by atoms with E-state index in [0.717, 1.165) is 44.1 Å². The number of halogens is 2. The second-order valence-electron chi connectivity index (χ2n) is 13.4. The molecule has 12 heteroatoms. The number of carbonyl (C=O) groups is 5. The number of aryl methyl sites for hydroxylation is 1. The van der Waals surface area contributed by atoms with Crippen molar-refractivity contribution in [2.24, 2.45) is 5.41 Å². The zero-order chi connectivity index (χ0) is 34.3. The van der Waals surface area contributed by atoms with Crippen LogP contribution in [0.3, 0.4) is 0 Å². The van der Waals surface area contributed by atoms with E-state index in [-0.39, 0.29) is 52.6 Å². The average Bonchev–Trinajstić information content (AvgIpc) is 3.52. The molecular formula is C36H44Cl2N4O6. The summed E-state index contributed by atoms with van der Waals surface area (Å²) in [6.07, 6.45) is 9.82. The first-order valence-electron chi connectivity index (χ1n) is 17.0. The lowest BCUT2D eigenvalue weighted by molar-refractivity contribution is -0.138. The molecule has 1 aliphatic heterocycles. The number of hydrogen-bond donors (Lipinski definition) is 4. The van der Waals surface area contributed by atoms with Gasteiger partial charge in [0.15, 0.2) is 0 Å². The predicted octanol–water partition coefficient (Wildman–Crippen LogP) is 5.92. The highest BCUT2D eigenvalue weighted by Gasteiger charge is 2.39. The number of piperidine rings is 1. The normalized spacial score (nSPS) is 18.0. The van der Waals surface area contributed by atoms with E-state index < -0.39 is 35.8 Å². The number of benzene rings is 2. The lowest BCUT2D eigenvalue weighted by atomic mass is 9.77. The lowest BCUT2D eigenvalue weighted by Crippen LogP contribution is -2.52. The number of anilines is 1. The molecule has 1 heterocycles. The van der Waals surface area contributed by atoms with Gasteiger partial charge in [0, 0.05) is 47.2 Å². The summed E-state index contributed by atoms with van der Waals surface area (Å²) in [4.78, 5) is 67.0. The average molecular weight is 700 g/mol. The minimum atomic E-state index is -1.10. The Morgan fingerprint density at radius 3 is 2.17 bits per heavy atom. The highest BCUT2D eigenvalue weighted by molar-refractivity contribution is 6.35. The standard InChI is InChI=1S/C36H44Cl2N4O6/c37-25-20-24(21-26(38)22-25)33(46)41-30(35(48)42-18-16-36(17-19-42)14-3-4-15-36)10-12-31(43)39-29(11-13-32(44)45)34(47)40-28-9-5-7-23-6-1-2-8-27(23)28/h5,7,9,20-22,29-30H,1-4,6,8,10-19H2,(H,39,43)(H,40,47)(H,41,46)(H,44,45)/t29-,30+/m0/s1. The summed E-state index contributed by atoms with van der Waals surface area (Å²) in [7, 11) is 0. The minimum Gasteiger partial charge on any atom is -0.481 e. The third-order valence-corrected chi connectivity index (χ3v) is 10.6. The van der Waals surface area contributed by atoms with Gasteiger partial charge < -0.3 is 26.0 Å². The van der Waals surface area contributed by atoms with E-state index in [1.165, 1.54) is 49.4 Å². The first kappa shape index (κ1) is 35.7. The molecule has 0 unspecified atom stereocenters. The third-order valence-electron chi connectivity index (χ3n) is 10.1. The molecule has 2 aromatic carbocycles. The van der Waals surface area contributed by atoms with Gasteiger partial charge in [-0.15, -0.1) is 0 Å². The fourth-order valence-electron chi connectivity index (χ4n) is 7.43. The molecule has 1 spiro atoms. The van der Waals surface area contributed by atoms with Gasteiger partial charge in [-0.05, 0) is 105 Å². The van der Waals surface area contributed by atoms with Crippen LogP contribution in [0.15, 0.2) is 36.4 Å². The Morgan fingerprint density at radius 2 is 1.48 bits per heavy atom. The maximum absolute atomic E-state index is 13.8. The Kier molecular flexibility index (Phi) is 12.0. The molecule has 0 aromatic heterocycles. The van der Waals surface area contributed by atoms with Crippen LogP contribution in [0.4, 0.5) is 5.69 Å². The maximum atomic E-state index is 13.8. The van der Waals surface area contributed by atoms with Gasteiger partial charge in [0.25, 0.3) is 5.91 Å². The Balaban J connectivity index is 1.26. The predicted molar refractivity (Wildman–Crippen MR) is 184 cm³/mol. The van der Waals surface area contributed by atoms with Gasteiger partial charge in [-0.25, -0.2) is 0 Å². The van der Waals surface area contributed by atoms with Crippen molar-refractivity contribution in [3.05, 3.63) is 63.1 Å². The number of carboxylic acid groups (broad SMARTS) is 1. The van der Waals surface area contributed by atoms with Crippen molar-refractivity contribution >= 4 is 58.5 Å². The van der Waals surface area contributed by atoms with Crippen molar-refractivity contribution in [1.82, 2.24) is 15.5 Å². The summed E-state index contributed by atoms with van der Waals surface area (Å²) < 4.78 is 0. The minimum absolute atomic E-state index is 0.0220. The van der Waals surface area contributed by atoms with E-state index in [4.69, 9.17) is 23.2 Å². The molecule has 10 nitrogen and oxygen atoms in total. The molecule has 2 atom stereocenters. The number of carbonyl (C=O) groups excluding carboxylic acids is 4. The van der Waals surface area contributed by atoms with Gasteiger partial charge in [0.05, 0.1) is 0 Å². The number of amides is 4. The van der Waals surface area contributed by atoms with Crippen molar-refractivity contribution in [2.75, 3.05) is 18.4 Å². The van der Waals surface area contributed by atoms with Crippen molar-refractivity contribution in [3.8, 4) is 0 Å². The van der Waals surface area contributed by atoms with Gasteiger partial charge in [-0.3, -0.25) is 24.0 Å². The van der Waals surface area contributed by atoms with Gasteiger partial charge in [-0.1, -0.05) is 48.2 Å². The number of likely N-dealkylation sites (tertiary alicyclic amines) is 1. The Labute approximate surface area is 291 Å². The van der Waals surface area contributed by atoms with Crippen LogP contribution in [-0.2, 0) is 32.0 Å². The molecular weight excluding hydrogens is 655 g/mol. The first-order valence-corrected chi connectivity index (χ1v) is 17.8. The Bertz CT molecular complexity index is 1510. The summed E-state index contributed by atoms with van der Waals surface area (Å²) in [6, 6.07) is 8.04. The van der Waals surface area contributed by atoms with Crippen LogP contribution in [0.25, 0.3) is 0 Å². The molecule has 1 saturated heterocycles. The van der Waals surface area contributed by atoms with Crippen LogP contribution in [0, 0.1) is 5.41 Å². The zero-order valence-electron chi connectivity index (χ0n) is 27.1. The zero-order valence-corrected chi connectivity index (χ0v) is 28.6. The molecule has 48 heavy (non-hydrogen) atoms. The summed E-state index contributed by atoms with van der Waals surface area (Å²) in [5, 5.41) is 18.3. The highest BCUT2D eigenvalue weighted by Crippen LogP contribution is 2.46. The van der Waals surface area contributed by atoms with Gasteiger partial charge in [0.1, 0.15) is 12.1 Å². The molecule has 0 bridgehead atoms. The summed E-state index contributed by atoms with van der Waals surface area (Å²) in [6.45, 7) is 1.17. The second-order valence-corrected chi connectivity index (χ2v) is 14.3. The van der Waals surface area contributed by atoms with E-state index in [0.29, 0.717) is 18.8 Å². The van der Waals surface area contributed by atoms with E-state index >= 15 is 0 Å². The second kappa shape index (κ2) is 16.2. The van der Waals surface area contributed by atoms with Gasteiger partial charge in [-0.2, -0.15) is 0 Å². The van der Waals surface area contributed by atoms with E-state index in [1.54, 1.807) is 4.90 Å². The molecule has 2 fully saturated rings. The van der Waals surface area contributed by atoms with Crippen LogP contribution in [0.2, 0.25) is 10.0 Å². The number of nitrogens with one attached hydrogen (secondary N) is 3. The number of nitrogens with zero attached hydrogens (tertiary/aromatic N) is 1. The van der Waals surface area contributed by atoms with Crippen LogP contribution in [0.1, 0.15) is 98.5 Å². The SMILES string of the molecule is O=C(O)CC[C@H](NC(=O)CC[C@@H](NC(=O)c1cc(Cl)cc(Cl)c1)C(=O)N1CCC2(CCCC2)CC1)C(=O)Nc1cccc2c1CCCC2. The van der Waals surface area contributed by atoms with Crippen molar-refractivity contribution in [3.63, 3.8) is 0 Å². The lowest BCUT2D eigenvalue weighted by Gasteiger charge is -2.40. The van der Waals surface area contributed by atoms with Crippen molar-refractivity contribution in [2.45, 2.75) is 102 Å². The summed E-state index contributed by atoms with van der Waals surface area (Å²) >= 11 is 12.2. The quantitative estimate of drug-likeness (QED) is 0.217. The number of carboxylic acids is 1. The number of fused-ring (bicyclic) bond motifs is 1. The van der Waals surface area contributed by atoms with Crippen molar-refractivity contribution in [1.29, 1.82) is 0 Å². The van der Waals surface area contributed by atoms with E-state index in [9.17, 15) is 29.1 Å². The van der Waals surface area contributed by atoms with Gasteiger partial charge >= 0.3 is 5.97 Å². The maximum Gasteiger partial charge on any atom is 0.303 e. The highest BCUT2D eigenvalue weighted by atomic mass is 35.5. The Hall–Kier alpha value is -3.63. The molecule has 2 aromatic rings. The van der Waals surface area contributed by atoms with Crippen LogP contribution in [0.5, 0.6) is 0 Å². The first-order chi connectivity index (χ1) is 23.0. The monoisotopic (exact) mass is 698 g/mol. The molecule has 258 valence electrons. The van der Waals surface area contributed by atoms with Crippen LogP contribution in [-0.4, -0.2) is 64.8 Å². The van der Waals surface area contributed by atoms with Crippen molar-refractivity contribution < 1.29 is 29.1 Å². The fourth-order valence-corrected chi connectivity index (χ4v) is 7.95. The molecule has 2 aliphatic carbocycles. The fraction of sp³-hybridized carbons (Fsp3) is 0.528. The Morgan fingerprint density at radius 1 is 0.812 bits per heavy atom. The van der Waals surface area contributed by atoms with E-state index in [2.05, 4.69) is 16.0 Å². The van der Waals surface area contributed by atoms with E-state index in [1.807, 2.05) is 18.2 Å². The number of rotatable bonds is 12. The number of aliphatic carboxylic acids is 1.